The number of rotatable bonds is 6. The molecule has 5 heteroatoms. The Morgan fingerprint density at radius 1 is 1.33 bits per heavy atom. The lowest BCUT2D eigenvalue weighted by Gasteiger charge is -2.05. The Morgan fingerprint density at radius 2 is 2.17 bits per heavy atom. The first kappa shape index (κ1) is 13.2. The molecule has 0 saturated heterocycles. The molecule has 4 nitrogen and oxygen atoms in total. The summed E-state index contributed by atoms with van der Waals surface area (Å²) in [5.74, 6) is 1.81. The van der Waals surface area contributed by atoms with Gasteiger partial charge in [-0.1, -0.05) is 6.42 Å². The van der Waals surface area contributed by atoms with Crippen molar-refractivity contribution in [2.45, 2.75) is 32.7 Å². The van der Waals surface area contributed by atoms with E-state index < -0.39 is 0 Å². The van der Waals surface area contributed by atoms with Gasteiger partial charge in [-0.05, 0) is 43.4 Å². The highest BCUT2D eigenvalue weighted by Crippen LogP contribution is 2.19. The first-order chi connectivity index (χ1) is 8.74. The highest BCUT2D eigenvalue weighted by Gasteiger charge is 2.10. The van der Waals surface area contributed by atoms with Gasteiger partial charge in [0.05, 0.1) is 0 Å². The van der Waals surface area contributed by atoms with E-state index in [0.29, 0.717) is 5.95 Å². The number of fused-ring (bicyclic) bond motifs is 1. The van der Waals surface area contributed by atoms with Crippen LogP contribution in [0.3, 0.4) is 0 Å². The zero-order chi connectivity index (χ0) is 13.0. The third-order valence-corrected chi connectivity index (χ3v) is 3.79. The quantitative estimate of drug-likeness (QED) is 0.815. The van der Waals surface area contributed by atoms with Crippen LogP contribution in [-0.2, 0) is 6.54 Å². The van der Waals surface area contributed by atoms with Crippen molar-refractivity contribution in [2.75, 3.05) is 17.7 Å². The van der Waals surface area contributed by atoms with Crippen LogP contribution in [0.2, 0.25) is 0 Å². The van der Waals surface area contributed by atoms with E-state index in [2.05, 4.69) is 16.2 Å². The number of pyridine rings is 1. The molecule has 0 radical (unpaired) electrons. The van der Waals surface area contributed by atoms with Crippen LogP contribution in [0.4, 0.5) is 5.95 Å². The molecule has 2 heterocycles. The lowest BCUT2D eigenvalue weighted by atomic mass is 10.2. The van der Waals surface area contributed by atoms with Crippen LogP contribution in [0.1, 0.15) is 24.8 Å². The molecule has 0 atom stereocenters. The molecule has 0 bridgehead atoms. The summed E-state index contributed by atoms with van der Waals surface area (Å²) < 4.78 is 2.03. The molecule has 0 saturated carbocycles. The average molecular weight is 264 g/mol. The fourth-order valence-corrected chi connectivity index (χ4v) is 2.56. The minimum absolute atomic E-state index is 0.580. The third kappa shape index (κ3) is 2.77. The fraction of sp³-hybridized carbons (Fsp3) is 0.538. The number of imidazole rings is 1. The van der Waals surface area contributed by atoms with Crippen LogP contribution >= 0.6 is 11.8 Å². The predicted molar refractivity (Wildman–Crippen MR) is 78.9 cm³/mol. The first-order valence-electron chi connectivity index (χ1n) is 6.30. The minimum atomic E-state index is 0.580. The minimum Gasteiger partial charge on any atom is -0.369 e. The highest BCUT2D eigenvalue weighted by atomic mass is 32.2. The molecule has 0 amide bonds. The first-order valence-corrected chi connectivity index (χ1v) is 7.69. The van der Waals surface area contributed by atoms with E-state index in [-0.39, 0.29) is 0 Å². The van der Waals surface area contributed by atoms with Gasteiger partial charge in [-0.25, -0.2) is 9.97 Å². The van der Waals surface area contributed by atoms with Gasteiger partial charge in [0.1, 0.15) is 5.52 Å². The van der Waals surface area contributed by atoms with Crippen molar-refractivity contribution in [1.82, 2.24) is 14.5 Å². The summed E-state index contributed by atoms with van der Waals surface area (Å²) in [5.41, 5.74) is 8.95. The molecular weight excluding hydrogens is 244 g/mol. The lowest BCUT2D eigenvalue weighted by Crippen LogP contribution is -2.04. The van der Waals surface area contributed by atoms with Crippen LogP contribution in [0.5, 0.6) is 0 Å². The second kappa shape index (κ2) is 6.09. The molecule has 0 aromatic carbocycles. The van der Waals surface area contributed by atoms with E-state index in [4.69, 9.17) is 5.73 Å². The SMILES string of the molecule is CSCCCCCn1c(N)nc2c(C)ccnc21. The van der Waals surface area contributed by atoms with E-state index in [9.17, 15) is 0 Å². The number of hydrogen-bond acceptors (Lipinski definition) is 4. The number of nitrogens with zero attached hydrogens (tertiary/aromatic N) is 3. The summed E-state index contributed by atoms with van der Waals surface area (Å²) in [4.78, 5) is 8.80. The summed E-state index contributed by atoms with van der Waals surface area (Å²) in [5, 5.41) is 0. The molecule has 2 aromatic heterocycles. The number of aryl methyl sites for hydroxylation is 2. The molecule has 0 aliphatic rings. The number of hydrogen-bond donors (Lipinski definition) is 1. The molecule has 2 rings (SSSR count). The van der Waals surface area contributed by atoms with E-state index in [1.54, 1.807) is 0 Å². The number of unbranched alkanes of at least 4 members (excludes halogenated alkanes) is 2. The number of thioether (sulfide) groups is 1. The summed E-state index contributed by atoms with van der Waals surface area (Å²) in [6.07, 6.45) is 7.59. The molecule has 2 N–H and O–H groups in total. The lowest BCUT2D eigenvalue weighted by molar-refractivity contribution is 0.618. The Labute approximate surface area is 112 Å². The summed E-state index contributed by atoms with van der Waals surface area (Å²) in [6.45, 7) is 2.95. The second-order valence-corrected chi connectivity index (χ2v) is 5.46. The number of nitrogens with two attached hydrogens (primary N) is 1. The molecule has 0 aliphatic heterocycles. The third-order valence-electron chi connectivity index (χ3n) is 3.10. The van der Waals surface area contributed by atoms with E-state index in [0.717, 1.165) is 29.7 Å². The van der Waals surface area contributed by atoms with Gasteiger partial charge in [0, 0.05) is 12.7 Å². The molecule has 0 aliphatic carbocycles. The molecule has 0 fully saturated rings. The topological polar surface area (TPSA) is 56.7 Å². The van der Waals surface area contributed by atoms with Crippen molar-refractivity contribution in [3.8, 4) is 0 Å². The Hall–Kier alpha value is -1.23. The van der Waals surface area contributed by atoms with Crippen LogP contribution in [-0.4, -0.2) is 26.5 Å². The standard InChI is InChI=1S/C13H20N4S/c1-10-6-7-15-12-11(10)16-13(14)17(12)8-4-3-5-9-18-2/h6-7H,3-5,8-9H2,1-2H3,(H2,14,16). The summed E-state index contributed by atoms with van der Waals surface area (Å²) >= 11 is 1.90. The zero-order valence-electron chi connectivity index (χ0n) is 11.0. The number of nitrogen functional groups attached to an aromatic ring is 1. The van der Waals surface area contributed by atoms with E-state index in [1.165, 1.54) is 18.6 Å². The van der Waals surface area contributed by atoms with Crippen molar-refractivity contribution < 1.29 is 0 Å². The van der Waals surface area contributed by atoms with Gasteiger partial charge in [-0.15, -0.1) is 0 Å². The van der Waals surface area contributed by atoms with Gasteiger partial charge in [-0.2, -0.15) is 11.8 Å². The van der Waals surface area contributed by atoms with Crippen LogP contribution in [0, 0.1) is 6.92 Å². The van der Waals surface area contributed by atoms with Gasteiger partial charge in [-0.3, -0.25) is 4.57 Å². The van der Waals surface area contributed by atoms with Crippen molar-refractivity contribution >= 4 is 28.9 Å². The number of anilines is 1. The van der Waals surface area contributed by atoms with Crippen molar-refractivity contribution in [3.63, 3.8) is 0 Å². The van der Waals surface area contributed by atoms with Gasteiger partial charge in [0.25, 0.3) is 0 Å². The van der Waals surface area contributed by atoms with Gasteiger partial charge < -0.3 is 5.73 Å². The fourth-order valence-electron chi connectivity index (χ4n) is 2.07. The van der Waals surface area contributed by atoms with Gasteiger partial charge in [0.2, 0.25) is 5.95 Å². The maximum Gasteiger partial charge on any atom is 0.202 e. The molecule has 0 unspecified atom stereocenters. The van der Waals surface area contributed by atoms with Crippen LogP contribution in [0.25, 0.3) is 11.2 Å². The molecule has 98 valence electrons. The normalized spacial score (nSPS) is 11.2. The second-order valence-electron chi connectivity index (χ2n) is 4.48. The molecular formula is C13H20N4S. The Balaban J connectivity index is 2.08. The summed E-state index contributed by atoms with van der Waals surface area (Å²) in [6, 6.07) is 1.97. The van der Waals surface area contributed by atoms with Crippen LogP contribution in [0.15, 0.2) is 12.3 Å². The Morgan fingerprint density at radius 3 is 2.94 bits per heavy atom. The molecule has 18 heavy (non-hydrogen) atoms. The van der Waals surface area contributed by atoms with E-state index >= 15 is 0 Å². The smallest absolute Gasteiger partial charge is 0.202 e. The molecule has 0 spiro atoms. The Bertz CT molecular complexity index is 521. The average Bonchev–Trinajstić information content (AvgIpc) is 2.68. The van der Waals surface area contributed by atoms with Crippen molar-refractivity contribution in [3.05, 3.63) is 17.8 Å². The number of aromatic nitrogens is 3. The summed E-state index contributed by atoms with van der Waals surface area (Å²) in [7, 11) is 0. The zero-order valence-corrected chi connectivity index (χ0v) is 11.8. The van der Waals surface area contributed by atoms with Gasteiger partial charge >= 0.3 is 0 Å². The maximum absolute atomic E-state index is 5.97. The largest absolute Gasteiger partial charge is 0.369 e. The molecule has 2 aromatic rings. The highest BCUT2D eigenvalue weighted by molar-refractivity contribution is 7.98. The van der Waals surface area contributed by atoms with Crippen molar-refractivity contribution in [2.24, 2.45) is 0 Å². The van der Waals surface area contributed by atoms with Crippen LogP contribution < -0.4 is 5.73 Å². The maximum atomic E-state index is 5.97. The van der Waals surface area contributed by atoms with E-state index in [1.807, 2.05) is 35.5 Å². The predicted octanol–water partition coefficient (Wildman–Crippen LogP) is 2.86. The van der Waals surface area contributed by atoms with Gasteiger partial charge in [0.15, 0.2) is 5.65 Å². The monoisotopic (exact) mass is 264 g/mol. The van der Waals surface area contributed by atoms with Crippen molar-refractivity contribution in [1.29, 1.82) is 0 Å². The Kier molecular flexibility index (Phi) is 4.47.